The molecule has 0 saturated carbocycles. The summed E-state index contributed by atoms with van der Waals surface area (Å²) in [6.45, 7) is 0. The van der Waals surface area contributed by atoms with Crippen LogP contribution in [0.25, 0.3) is 0 Å². The second-order valence-corrected chi connectivity index (χ2v) is 6.59. The number of nitrogens with two attached hydrogens (primary N) is 1. The zero-order chi connectivity index (χ0) is 13.2. The molecule has 2 rings (SSSR count). The van der Waals surface area contributed by atoms with Crippen molar-refractivity contribution < 1.29 is 8.42 Å². The van der Waals surface area contributed by atoms with Crippen molar-refractivity contribution >= 4 is 44.5 Å². The highest BCUT2D eigenvalue weighted by Gasteiger charge is 2.18. The Labute approximate surface area is 113 Å². The van der Waals surface area contributed by atoms with Crippen molar-refractivity contribution in [3.05, 3.63) is 35.5 Å². The molecule has 0 aliphatic heterocycles. The number of hydrogen-bond donors (Lipinski definition) is 2. The largest absolute Gasteiger partial charge is 0.389 e. The van der Waals surface area contributed by atoms with Gasteiger partial charge in [-0.25, -0.2) is 23.1 Å². The maximum Gasteiger partial charge on any atom is 0.273 e. The lowest BCUT2D eigenvalue weighted by Crippen LogP contribution is -2.13. The molecule has 6 nitrogen and oxygen atoms in total. The molecule has 0 fully saturated rings. The minimum atomic E-state index is -3.70. The highest BCUT2D eigenvalue weighted by molar-refractivity contribution is 7.94. The van der Waals surface area contributed by atoms with Crippen LogP contribution in [-0.4, -0.2) is 23.4 Å². The van der Waals surface area contributed by atoms with E-state index in [1.165, 1.54) is 18.5 Å². The predicted octanol–water partition coefficient (Wildman–Crippen LogP) is 0.973. The van der Waals surface area contributed by atoms with E-state index in [1.807, 2.05) is 0 Å². The number of thiophene rings is 1. The maximum absolute atomic E-state index is 12.0. The normalized spacial score (nSPS) is 11.1. The highest BCUT2D eigenvalue weighted by Crippen LogP contribution is 2.22. The number of sulfonamides is 1. The standard InChI is InChI=1S/C9H8N4O2S3/c10-8(16)6-2-3-7(17-6)18(14,15)13-9-11-4-1-5-12-9/h1-5H,(H2,10,16)(H,11,12,13). The molecule has 0 unspecified atom stereocenters. The van der Waals surface area contributed by atoms with Crippen molar-refractivity contribution in [2.24, 2.45) is 5.73 Å². The smallest absolute Gasteiger partial charge is 0.273 e. The van der Waals surface area contributed by atoms with Gasteiger partial charge in [-0.1, -0.05) is 12.2 Å². The molecule has 2 aromatic heterocycles. The van der Waals surface area contributed by atoms with E-state index < -0.39 is 10.0 Å². The van der Waals surface area contributed by atoms with Gasteiger partial charge in [-0.15, -0.1) is 11.3 Å². The maximum atomic E-state index is 12.0. The van der Waals surface area contributed by atoms with Gasteiger partial charge in [0.1, 0.15) is 9.20 Å². The first-order chi connectivity index (χ1) is 8.49. The number of anilines is 1. The summed E-state index contributed by atoms with van der Waals surface area (Å²) in [7, 11) is -3.70. The molecular formula is C9H8N4O2S3. The summed E-state index contributed by atoms with van der Waals surface area (Å²) < 4.78 is 26.3. The summed E-state index contributed by atoms with van der Waals surface area (Å²) >= 11 is 5.77. The van der Waals surface area contributed by atoms with Gasteiger partial charge in [0.25, 0.3) is 10.0 Å². The van der Waals surface area contributed by atoms with E-state index in [9.17, 15) is 8.42 Å². The molecule has 2 heterocycles. The van der Waals surface area contributed by atoms with Gasteiger partial charge in [-0.05, 0) is 18.2 Å². The van der Waals surface area contributed by atoms with Crippen LogP contribution in [-0.2, 0) is 10.0 Å². The monoisotopic (exact) mass is 300 g/mol. The van der Waals surface area contributed by atoms with Crippen LogP contribution in [0.2, 0.25) is 0 Å². The van der Waals surface area contributed by atoms with Crippen LogP contribution in [0.1, 0.15) is 4.88 Å². The summed E-state index contributed by atoms with van der Waals surface area (Å²) in [4.78, 5) is 8.27. The lowest BCUT2D eigenvalue weighted by molar-refractivity contribution is 0.602. The fraction of sp³-hybridized carbons (Fsp3) is 0. The quantitative estimate of drug-likeness (QED) is 0.817. The summed E-state index contributed by atoms with van der Waals surface area (Å²) in [5, 5.41) is 0. The van der Waals surface area contributed by atoms with Crippen molar-refractivity contribution in [1.82, 2.24) is 9.97 Å². The second kappa shape index (κ2) is 4.96. The highest BCUT2D eigenvalue weighted by atomic mass is 32.2. The lowest BCUT2D eigenvalue weighted by atomic mass is 10.5. The Balaban J connectivity index is 2.28. The van der Waals surface area contributed by atoms with Crippen LogP contribution < -0.4 is 10.5 Å². The van der Waals surface area contributed by atoms with E-state index in [0.717, 1.165) is 11.3 Å². The molecule has 94 valence electrons. The van der Waals surface area contributed by atoms with Crippen molar-refractivity contribution in [2.75, 3.05) is 4.72 Å². The molecule has 2 aromatic rings. The third-order valence-electron chi connectivity index (χ3n) is 1.88. The average Bonchev–Trinajstić information content (AvgIpc) is 2.79. The molecule has 0 amide bonds. The molecule has 0 radical (unpaired) electrons. The zero-order valence-corrected chi connectivity index (χ0v) is 11.3. The first-order valence-corrected chi connectivity index (χ1v) is 7.39. The molecule has 18 heavy (non-hydrogen) atoms. The van der Waals surface area contributed by atoms with Crippen molar-refractivity contribution in [3.8, 4) is 0 Å². The van der Waals surface area contributed by atoms with Gasteiger partial charge in [0.05, 0.1) is 4.88 Å². The number of hydrogen-bond acceptors (Lipinski definition) is 6. The van der Waals surface area contributed by atoms with E-state index in [0.29, 0.717) is 4.88 Å². The topological polar surface area (TPSA) is 98.0 Å². The van der Waals surface area contributed by atoms with Crippen molar-refractivity contribution in [2.45, 2.75) is 4.21 Å². The van der Waals surface area contributed by atoms with E-state index in [1.54, 1.807) is 12.1 Å². The third kappa shape index (κ3) is 2.81. The Morgan fingerprint density at radius 1 is 1.33 bits per heavy atom. The van der Waals surface area contributed by atoms with Crippen LogP contribution in [0.4, 0.5) is 5.95 Å². The van der Waals surface area contributed by atoms with Gasteiger partial charge in [-0.2, -0.15) is 0 Å². The number of thiocarbonyl (C=S) groups is 1. The summed E-state index contributed by atoms with van der Waals surface area (Å²) in [6, 6.07) is 4.59. The van der Waals surface area contributed by atoms with Crippen molar-refractivity contribution in [3.63, 3.8) is 0 Å². The van der Waals surface area contributed by atoms with Crippen LogP contribution in [0.3, 0.4) is 0 Å². The van der Waals surface area contributed by atoms with E-state index in [4.69, 9.17) is 18.0 Å². The van der Waals surface area contributed by atoms with Gasteiger partial charge in [0.2, 0.25) is 5.95 Å². The van der Waals surface area contributed by atoms with Gasteiger partial charge in [0.15, 0.2) is 0 Å². The number of nitrogens with zero attached hydrogens (tertiary/aromatic N) is 2. The number of rotatable bonds is 4. The van der Waals surface area contributed by atoms with Gasteiger partial charge in [0, 0.05) is 12.4 Å². The SMILES string of the molecule is NC(=S)c1ccc(S(=O)(=O)Nc2ncccn2)s1. The Kier molecular flexibility index (Phi) is 3.55. The Hall–Kier alpha value is -1.58. The Morgan fingerprint density at radius 3 is 2.56 bits per heavy atom. The predicted molar refractivity (Wildman–Crippen MR) is 73.0 cm³/mol. The van der Waals surface area contributed by atoms with E-state index in [-0.39, 0.29) is 15.1 Å². The molecule has 0 aliphatic rings. The zero-order valence-electron chi connectivity index (χ0n) is 8.90. The Morgan fingerprint density at radius 2 is 2.00 bits per heavy atom. The Bertz CT molecular complexity index is 666. The lowest BCUT2D eigenvalue weighted by Gasteiger charge is -2.03. The second-order valence-electron chi connectivity index (χ2n) is 3.16. The fourth-order valence-corrected chi connectivity index (χ4v) is 3.43. The molecule has 0 spiro atoms. The molecule has 0 atom stereocenters. The first-order valence-electron chi connectivity index (χ1n) is 4.68. The molecule has 0 aromatic carbocycles. The van der Waals surface area contributed by atoms with Gasteiger partial charge in [-0.3, -0.25) is 0 Å². The molecule has 0 bridgehead atoms. The number of aromatic nitrogens is 2. The summed E-state index contributed by atoms with van der Waals surface area (Å²) in [5.41, 5.74) is 5.42. The van der Waals surface area contributed by atoms with Crippen molar-refractivity contribution in [1.29, 1.82) is 0 Å². The van der Waals surface area contributed by atoms with Crippen LogP contribution in [0.5, 0.6) is 0 Å². The van der Waals surface area contributed by atoms with Crippen LogP contribution in [0, 0.1) is 0 Å². The molecular weight excluding hydrogens is 292 g/mol. The van der Waals surface area contributed by atoms with Crippen LogP contribution >= 0.6 is 23.6 Å². The van der Waals surface area contributed by atoms with Gasteiger partial charge < -0.3 is 5.73 Å². The van der Waals surface area contributed by atoms with Gasteiger partial charge >= 0.3 is 0 Å². The number of nitrogens with one attached hydrogen (secondary N) is 1. The molecule has 3 N–H and O–H groups in total. The van der Waals surface area contributed by atoms with E-state index in [2.05, 4.69) is 14.7 Å². The average molecular weight is 300 g/mol. The fourth-order valence-electron chi connectivity index (χ4n) is 1.12. The third-order valence-corrected chi connectivity index (χ3v) is 5.17. The first kappa shape index (κ1) is 12.9. The summed E-state index contributed by atoms with van der Waals surface area (Å²) in [5.74, 6) is 0.0165. The molecule has 0 saturated heterocycles. The summed E-state index contributed by atoms with van der Waals surface area (Å²) in [6.07, 6.45) is 2.89. The van der Waals surface area contributed by atoms with Crippen LogP contribution in [0.15, 0.2) is 34.8 Å². The molecule has 0 aliphatic carbocycles. The minimum absolute atomic E-state index is 0.0165. The molecule has 9 heteroatoms. The minimum Gasteiger partial charge on any atom is -0.389 e. The van der Waals surface area contributed by atoms with E-state index >= 15 is 0 Å².